The van der Waals surface area contributed by atoms with Crippen LogP contribution in [0.15, 0.2) is 11.6 Å². The number of hydrogen-bond acceptors (Lipinski definition) is 5. The molecule has 2 heterocycles. The Labute approximate surface area is 132 Å². The van der Waals surface area contributed by atoms with Crippen molar-refractivity contribution in [3.8, 4) is 0 Å². The molecule has 5 heteroatoms. The van der Waals surface area contributed by atoms with E-state index < -0.39 is 0 Å². The molecule has 0 amide bonds. The maximum Gasteiger partial charge on any atom is 0.185 e. The summed E-state index contributed by atoms with van der Waals surface area (Å²) in [5.74, 6) is 0.921. The number of thiazole rings is 1. The summed E-state index contributed by atoms with van der Waals surface area (Å²) >= 11 is 1.74. The second kappa shape index (κ2) is 7.56. The molecule has 1 saturated heterocycles. The molecule has 0 spiro atoms. The second-order valence-corrected chi connectivity index (χ2v) is 7.34. The predicted octanol–water partition coefficient (Wildman–Crippen LogP) is 2.56. The highest BCUT2D eigenvalue weighted by atomic mass is 32.1. The number of nitrogens with two attached hydrogens (primary N) is 1. The first-order valence-electron chi connectivity index (χ1n) is 8.45. The van der Waals surface area contributed by atoms with Crippen LogP contribution in [0.4, 0.5) is 5.13 Å². The van der Waals surface area contributed by atoms with Crippen LogP contribution in [-0.2, 0) is 0 Å². The van der Waals surface area contributed by atoms with Gasteiger partial charge in [-0.1, -0.05) is 32.1 Å². The number of nitrogens with zero attached hydrogens (tertiary/aromatic N) is 3. The van der Waals surface area contributed by atoms with Crippen molar-refractivity contribution >= 4 is 16.5 Å². The van der Waals surface area contributed by atoms with Crippen molar-refractivity contribution in [3.63, 3.8) is 0 Å². The molecule has 0 aromatic carbocycles. The van der Waals surface area contributed by atoms with Crippen LogP contribution in [0.25, 0.3) is 0 Å². The van der Waals surface area contributed by atoms with Crippen LogP contribution in [-0.4, -0.2) is 48.6 Å². The molecule has 3 rings (SSSR count). The fourth-order valence-corrected chi connectivity index (χ4v) is 4.55. The van der Waals surface area contributed by atoms with Gasteiger partial charge in [-0.05, 0) is 12.3 Å². The molecular formula is C16H28N4S. The smallest absolute Gasteiger partial charge is 0.185 e. The van der Waals surface area contributed by atoms with Gasteiger partial charge in [0.15, 0.2) is 5.13 Å². The summed E-state index contributed by atoms with van der Waals surface area (Å²) in [6, 6.07) is 0.589. The molecule has 1 saturated carbocycles. The summed E-state index contributed by atoms with van der Waals surface area (Å²) < 4.78 is 0. The molecule has 1 aliphatic carbocycles. The molecule has 1 atom stereocenters. The van der Waals surface area contributed by atoms with Crippen LogP contribution >= 0.6 is 11.3 Å². The van der Waals surface area contributed by atoms with Crippen LogP contribution in [0.2, 0.25) is 0 Å². The zero-order valence-electron chi connectivity index (χ0n) is 12.9. The van der Waals surface area contributed by atoms with Gasteiger partial charge in [-0.25, -0.2) is 4.98 Å². The number of anilines is 1. The van der Waals surface area contributed by atoms with Crippen molar-refractivity contribution in [3.05, 3.63) is 11.6 Å². The minimum Gasteiger partial charge on any atom is -0.346 e. The maximum atomic E-state index is 6.08. The highest BCUT2D eigenvalue weighted by molar-refractivity contribution is 7.13. The largest absolute Gasteiger partial charge is 0.346 e. The Kier molecular flexibility index (Phi) is 5.49. The third-order valence-corrected chi connectivity index (χ3v) is 5.95. The lowest BCUT2D eigenvalue weighted by Crippen LogP contribution is -2.53. The highest BCUT2D eigenvalue weighted by Crippen LogP contribution is 2.29. The number of piperazine rings is 1. The first-order chi connectivity index (χ1) is 10.4. The molecule has 2 fully saturated rings. The number of rotatable bonds is 5. The topological polar surface area (TPSA) is 45.4 Å². The van der Waals surface area contributed by atoms with Gasteiger partial charge in [0.25, 0.3) is 0 Å². The molecule has 4 nitrogen and oxygen atoms in total. The van der Waals surface area contributed by atoms with E-state index in [2.05, 4.69) is 20.2 Å². The molecule has 1 unspecified atom stereocenters. The van der Waals surface area contributed by atoms with E-state index in [9.17, 15) is 0 Å². The predicted molar refractivity (Wildman–Crippen MR) is 89.9 cm³/mol. The van der Waals surface area contributed by atoms with E-state index in [4.69, 9.17) is 5.73 Å². The summed E-state index contributed by atoms with van der Waals surface area (Å²) in [4.78, 5) is 9.46. The van der Waals surface area contributed by atoms with Crippen LogP contribution in [0.3, 0.4) is 0 Å². The summed E-state index contributed by atoms with van der Waals surface area (Å²) in [5, 5.41) is 3.24. The lowest BCUT2D eigenvalue weighted by atomic mass is 9.84. The SMILES string of the molecule is NCC(CC1CCCCC1)N1CCN(c2nccs2)CC1. The molecule has 1 aromatic rings. The van der Waals surface area contributed by atoms with Gasteiger partial charge in [-0.15, -0.1) is 11.3 Å². The van der Waals surface area contributed by atoms with Crippen molar-refractivity contribution in [1.29, 1.82) is 0 Å². The van der Waals surface area contributed by atoms with E-state index in [-0.39, 0.29) is 0 Å². The first-order valence-corrected chi connectivity index (χ1v) is 9.33. The van der Waals surface area contributed by atoms with Gasteiger partial charge in [0.2, 0.25) is 0 Å². The normalized spacial score (nSPS) is 23.4. The molecule has 2 N–H and O–H groups in total. The van der Waals surface area contributed by atoms with Crippen LogP contribution in [0.1, 0.15) is 38.5 Å². The monoisotopic (exact) mass is 308 g/mol. The standard InChI is InChI=1S/C16H28N4S/c17-13-15(12-14-4-2-1-3-5-14)19-7-9-20(10-8-19)16-18-6-11-21-16/h6,11,14-15H,1-5,7-10,12-13,17H2. The average molecular weight is 308 g/mol. The molecule has 1 aliphatic heterocycles. The summed E-state index contributed by atoms with van der Waals surface area (Å²) in [6.07, 6.45) is 10.4. The van der Waals surface area contributed by atoms with Crippen molar-refractivity contribution < 1.29 is 0 Å². The molecule has 0 bridgehead atoms. The van der Waals surface area contributed by atoms with Gasteiger partial charge in [-0.2, -0.15) is 0 Å². The van der Waals surface area contributed by atoms with Crippen molar-refractivity contribution in [2.45, 2.75) is 44.6 Å². The van der Waals surface area contributed by atoms with Gasteiger partial charge in [0.1, 0.15) is 0 Å². The Morgan fingerprint density at radius 1 is 1.19 bits per heavy atom. The third kappa shape index (κ3) is 3.96. The summed E-state index contributed by atoms with van der Waals surface area (Å²) in [7, 11) is 0. The first kappa shape index (κ1) is 15.3. The lowest BCUT2D eigenvalue weighted by molar-refractivity contribution is 0.152. The summed E-state index contributed by atoms with van der Waals surface area (Å²) in [6.45, 7) is 5.26. The van der Waals surface area contributed by atoms with Gasteiger partial charge < -0.3 is 10.6 Å². The van der Waals surface area contributed by atoms with Crippen molar-refractivity contribution in [2.24, 2.45) is 11.7 Å². The van der Waals surface area contributed by atoms with Crippen LogP contribution in [0.5, 0.6) is 0 Å². The van der Waals surface area contributed by atoms with Crippen molar-refractivity contribution in [1.82, 2.24) is 9.88 Å². The van der Waals surface area contributed by atoms with E-state index >= 15 is 0 Å². The minimum atomic E-state index is 0.589. The van der Waals surface area contributed by atoms with E-state index in [1.807, 2.05) is 6.20 Å². The lowest BCUT2D eigenvalue weighted by Gasteiger charge is -2.40. The fraction of sp³-hybridized carbons (Fsp3) is 0.812. The Bertz CT molecular complexity index is 394. The minimum absolute atomic E-state index is 0.589. The fourth-order valence-electron chi connectivity index (χ4n) is 3.85. The van der Waals surface area contributed by atoms with Crippen LogP contribution < -0.4 is 10.6 Å². The number of aromatic nitrogens is 1. The third-order valence-electron chi connectivity index (χ3n) is 5.12. The van der Waals surface area contributed by atoms with Gasteiger partial charge in [-0.3, -0.25) is 4.90 Å². The maximum absolute atomic E-state index is 6.08. The Morgan fingerprint density at radius 3 is 2.57 bits per heavy atom. The van der Waals surface area contributed by atoms with Gasteiger partial charge in [0, 0.05) is 50.3 Å². The van der Waals surface area contributed by atoms with Crippen molar-refractivity contribution in [2.75, 3.05) is 37.6 Å². The Hall–Kier alpha value is -0.650. The Balaban J connectivity index is 1.49. The van der Waals surface area contributed by atoms with E-state index in [0.29, 0.717) is 6.04 Å². The highest BCUT2D eigenvalue weighted by Gasteiger charge is 2.26. The quantitative estimate of drug-likeness (QED) is 0.908. The van der Waals surface area contributed by atoms with Gasteiger partial charge >= 0.3 is 0 Å². The molecule has 1 aromatic heterocycles. The average Bonchev–Trinajstić information content (AvgIpc) is 3.08. The zero-order chi connectivity index (χ0) is 14.5. The van der Waals surface area contributed by atoms with Crippen LogP contribution in [0, 0.1) is 5.92 Å². The Morgan fingerprint density at radius 2 is 1.95 bits per heavy atom. The van der Waals surface area contributed by atoms with E-state index in [1.54, 1.807) is 11.3 Å². The molecular weight excluding hydrogens is 280 g/mol. The summed E-state index contributed by atoms with van der Waals surface area (Å²) in [5.41, 5.74) is 6.08. The number of hydrogen-bond donors (Lipinski definition) is 1. The molecule has 118 valence electrons. The van der Waals surface area contributed by atoms with E-state index in [0.717, 1.165) is 38.6 Å². The molecule has 2 aliphatic rings. The van der Waals surface area contributed by atoms with Gasteiger partial charge in [0.05, 0.1) is 0 Å². The molecule has 0 radical (unpaired) electrons. The second-order valence-electron chi connectivity index (χ2n) is 6.47. The van der Waals surface area contributed by atoms with E-state index in [1.165, 1.54) is 43.7 Å². The molecule has 21 heavy (non-hydrogen) atoms. The zero-order valence-corrected chi connectivity index (χ0v) is 13.7.